The van der Waals surface area contributed by atoms with E-state index >= 15 is 0 Å². The predicted octanol–water partition coefficient (Wildman–Crippen LogP) is 3.12. The number of aromatic carboxylic acids is 1. The zero-order valence-corrected chi connectivity index (χ0v) is 12.6. The summed E-state index contributed by atoms with van der Waals surface area (Å²) in [5, 5.41) is 12.6. The summed E-state index contributed by atoms with van der Waals surface area (Å²) in [5.41, 5.74) is 0.857. The van der Waals surface area contributed by atoms with E-state index in [0.29, 0.717) is 6.42 Å². The molecule has 7 heteroatoms. The van der Waals surface area contributed by atoms with Gasteiger partial charge in [-0.1, -0.05) is 11.6 Å². The zero-order valence-electron chi connectivity index (χ0n) is 10.2. The molecule has 0 fully saturated rings. The second-order valence-electron chi connectivity index (χ2n) is 4.15. The number of carboxylic acid groups (broad SMARTS) is 1. The largest absolute Gasteiger partial charge is 0.478 e. The summed E-state index contributed by atoms with van der Waals surface area (Å²) in [4.78, 5) is 10.9. The molecule has 0 aliphatic heterocycles. The molecule has 0 saturated carbocycles. The lowest BCUT2D eigenvalue weighted by Gasteiger charge is -2.06. The van der Waals surface area contributed by atoms with Crippen LogP contribution in [0, 0.1) is 0 Å². The van der Waals surface area contributed by atoms with Gasteiger partial charge in [0.15, 0.2) is 9.84 Å². The molecular formula is C13H11ClO4S2. The minimum Gasteiger partial charge on any atom is -0.478 e. The van der Waals surface area contributed by atoms with Crippen molar-refractivity contribution in [1.29, 1.82) is 0 Å². The Labute approximate surface area is 125 Å². The monoisotopic (exact) mass is 330 g/mol. The van der Waals surface area contributed by atoms with Gasteiger partial charge in [-0.15, -0.1) is 0 Å². The first-order chi connectivity index (χ1) is 9.40. The Kier molecular flexibility index (Phi) is 4.47. The Morgan fingerprint density at radius 2 is 2.05 bits per heavy atom. The van der Waals surface area contributed by atoms with E-state index in [1.807, 2.05) is 16.8 Å². The van der Waals surface area contributed by atoms with Crippen LogP contribution < -0.4 is 0 Å². The van der Waals surface area contributed by atoms with Gasteiger partial charge >= 0.3 is 5.97 Å². The second-order valence-corrected chi connectivity index (χ2v) is 7.44. The van der Waals surface area contributed by atoms with Crippen LogP contribution in [0.25, 0.3) is 0 Å². The summed E-state index contributed by atoms with van der Waals surface area (Å²) in [5.74, 6) is -1.22. The summed E-state index contributed by atoms with van der Waals surface area (Å²) in [6, 6.07) is 5.55. The van der Waals surface area contributed by atoms with E-state index in [2.05, 4.69) is 0 Å². The Bertz CT molecular complexity index is 721. The van der Waals surface area contributed by atoms with Gasteiger partial charge in [-0.2, -0.15) is 11.3 Å². The highest BCUT2D eigenvalue weighted by Gasteiger charge is 2.18. The van der Waals surface area contributed by atoms with Crippen LogP contribution in [-0.4, -0.2) is 25.2 Å². The molecular weight excluding hydrogens is 320 g/mol. The number of hydrogen-bond acceptors (Lipinski definition) is 4. The summed E-state index contributed by atoms with van der Waals surface area (Å²) < 4.78 is 24.3. The van der Waals surface area contributed by atoms with Crippen molar-refractivity contribution >= 4 is 38.7 Å². The molecule has 0 radical (unpaired) electrons. The number of hydrogen-bond donors (Lipinski definition) is 1. The molecule has 2 rings (SSSR count). The predicted molar refractivity (Wildman–Crippen MR) is 78.5 cm³/mol. The molecule has 20 heavy (non-hydrogen) atoms. The van der Waals surface area contributed by atoms with Crippen LogP contribution in [0.3, 0.4) is 0 Å². The number of halogens is 1. The maximum absolute atomic E-state index is 12.2. The number of aryl methyl sites for hydroxylation is 1. The van der Waals surface area contributed by atoms with Crippen LogP contribution in [0.1, 0.15) is 15.9 Å². The first-order valence-electron chi connectivity index (χ1n) is 5.67. The number of rotatable bonds is 5. The van der Waals surface area contributed by atoms with Gasteiger partial charge in [0.25, 0.3) is 0 Å². The molecule has 2 aromatic rings. The number of carboxylic acids is 1. The van der Waals surface area contributed by atoms with Crippen molar-refractivity contribution in [3.8, 4) is 0 Å². The standard InChI is InChI=1S/C13H11ClO4S2/c14-12-7-10(1-2-11(12)13(15)16)20(17,18)6-4-9-3-5-19-8-9/h1-3,5,7-8H,4,6H2,(H,15,16). The minimum atomic E-state index is -3.47. The average Bonchev–Trinajstić information content (AvgIpc) is 2.89. The van der Waals surface area contributed by atoms with Crippen LogP contribution in [0.2, 0.25) is 5.02 Å². The van der Waals surface area contributed by atoms with E-state index in [-0.39, 0.29) is 21.2 Å². The van der Waals surface area contributed by atoms with Gasteiger partial charge in [-0.25, -0.2) is 13.2 Å². The van der Waals surface area contributed by atoms with Crippen molar-refractivity contribution in [3.05, 3.63) is 51.2 Å². The zero-order chi connectivity index (χ0) is 14.8. The van der Waals surface area contributed by atoms with E-state index < -0.39 is 15.8 Å². The molecule has 0 amide bonds. The van der Waals surface area contributed by atoms with Gasteiger partial charge in [-0.3, -0.25) is 0 Å². The van der Waals surface area contributed by atoms with Gasteiger partial charge in [0.05, 0.1) is 21.2 Å². The molecule has 1 N–H and O–H groups in total. The van der Waals surface area contributed by atoms with Crippen LogP contribution in [-0.2, 0) is 16.3 Å². The van der Waals surface area contributed by atoms with Crippen molar-refractivity contribution in [3.63, 3.8) is 0 Å². The molecule has 106 valence electrons. The van der Waals surface area contributed by atoms with Crippen molar-refractivity contribution in [2.24, 2.45) is 0 Å². The molecule has 0 aliphatic carbocycles. The number of carbonyl (C=O) groups is 1. The number of sulfone groups is 1. The van der Waals surface area contributed by atoms with E-state index in [1.165, 1.54) is 29.5 Å². The maximum Gasteiger partial charge on any atom is 0.337 e. The third kappa shape index (κ3) is 3.39. The lowest BCUT2D eigenvalue weighted by molar-refractivity contribution is 0.0697. The molecule has 1 aromatic heterocycles. The van der Waals surface area contributed by atoms with Gasteiger partial charge in [0.1, 0.15) is 0 Å². The van der Waals surface area contributed by atoms with Crippen molar-refractivity contribution in [1.82, 2.24) is 0 Å². The van der Waals surface area contributed by atoms with Crippen molar-refractivity contribution in [2.75, 3.05) is 5.75 Å². The highest BCUT2D eigenvalue weighted by atomic mass is 35.5. The molecule has 1 heterocycles. The summed E-state index contributed by atoms with van der Waals surface area (Å²) in [6.07, 6.45) is 0.421. The van der Waals surface area contributed by atoms with E-state index in [4.69, 9.17) is 16.7 Å². The minimum absolute atomic E-state index is 0.0352. The third-order valence-electron chi connectivity index (χ3n) is 2.77. The normalized spacial score (nSPS) is 11.4. The lowest BCUT2D eigenvalue weighted by Crippen LogP contribution is -2.10. The van der Waals surface area contributed by atoms with Crippen molar-refractivity contribution in [2.45, 2.75) is 11.3 Å². The van der Waals surface area contributed by atoms with Gasteiger partial charge in [-0.05, 0) is 47.0 Å². The fraction of sp³-hybridized carbons (Fsp3) is 0.154. The average molecular weight is 331 g/mol. The molecule has 4 nitrogen and oxygen atoms in total. The Hall–Kier alpha value is -1.37. The lowest BCUT2D eigenvalue weighted by atomic mass is 10.2. The highest BCUT2D eigenvalue weighted by molar-refractivity contribution is 7.91. The molecule has 0 bridgehead atoms. The molecule has 1 aromatic carbocycles. The van der Waals surface area contributed by atoms with Crippen LogP contribution in [0.4, 0.5) is 0 Å². The topological polar surface area (TPSA) is 71.4 Å². The Morgan fingerprint density at radius 1 is 1.30 bits per heavy atom. The van der Waals surface area contributed by atoms with Crippen molar-refractivity contribution < 1.29 is 18.3 Å². The first kappa shape index (κ1) is 15.0. The SMILES string of the molecule is O=C(O)c1ccc(S(=O)(=O)CCc2ccsc2)cc1Cl. The maximum atomic E-state index is 12.2. The molecule has 0 aliphatic rings. The first-order valence-corrected chi connectivity index (χ1v) is 8.64. The third-order valence-corrected chi connectivity index (χ3v) is 5.53. The van der Waals surface area contributed by atoms with E-state index in [9.17, 15) is 13.2 Å². The fourth-order valence-corrected chi connectivity index (χ4v) is 4.01. The van der Waals surface area contributed by atoms with Crippen LogP contribution in [0.15, 0.2) is 39.9 Å². The molecule has 0 unspecified atom stereocenters. The fourth-order valence-electron chi connectivity index (χ4n) is 1.67. The molecule has 0 saturated heterocycles. The highest BCUT2D eigenvalue weighted by Crippen LogP contribution is 2.22. The summed E-state index contributed by atoms with van der Waals surface area (Å²) >= 11 is 7.30. The van der Waals surface area contributed by atoms with Crippen LogP contribution in [0.5, 0.6) is 0 Å². The summed E-state index contributed by atoms with van der Waals surface area (Å²) in [7, 11) is -3.47. The smallest absolute Gasteiger partial charge is 0.337 e. The van der Waals surface area contributed by atoms with E-state index in [0.717, 1.165) is 5.56 Å². The van der Waals surface area contributed by atoms with Gasteiger partial charge in [0, 0.05) is 0 Å². The quantitative estimate of drug-likeness (QED) is 0.914. The number of benzene rings is 1. The second kappa shape index (κ2) is 5.95. The molecule has 0 spiro atoms. The molecule has 0 atom stereocenters. The van der Waals surface area contributed by atoms with Gasteiger partial charge in [0.2, 0.25) is 0 Å². The van der Waals surface area contributed by atoms with Crippen LogP contribution >= 0.6 is 22.9 Å². The Morgan fingerprint density at radius 3 is 2.60 bits per heavy atom. The summed E-state index contributed by atoms with van der Waals surface area (Å²) in [6.45, 7) is 0. The van der Waals surface area contributed by atoms with Gasteiger partial charge < -0.3 is 5.11 Å². The number of thiophene rings is 1. The Balaban J connectivity index is 2.21. The van der Waals surface area contributed by atoms with E-state index in [1.54, 1.807) is 0 Å².